The molecule has 0 saturated carbocycles. The lowest BCUT2D eigenvalue weighted by Crippen LogP contribution is -2.12. The number of benzene rings is 2. The summed E-state index contributed by atoms with van der Waals surface area (Å²) in [4.78, 5) is 28.4. The molecule has 0 radical (unpaired) electrons. The van der Waals surface area contributed by atoms with E-state index < -0.39 is 0 Å². The Labute approximate surface area is 133 Å². The molecule has 1 N–H and O–H groups in total. The maximum atomic E-state index is 12.3. The van der Waals surface area contributed by atoms with Crippen LogP contribution in [0.5, 0.6) is 0 Å². The lowest BCUT2D eigenvalue weighted by Gasteiger charge is -2.06. The van der Waals surface area contributed by atoms with Crippen LogP contribution in [0.2, 0.25) is 0 Å². The Kier molecular flexibility index (Phi) is 4.01. The van der Waals surface area contributed by atoms with E-state index in [1.165, 1.54) is 0 Å². The summed E-state index contributed by atoms with van der Waals surface area (Å²) in [6.45, 7) is 0. The van der Waals surface area contributed by atoms with Crippen LogP contribution >= 0.6 is 0 Å². The number of amides is 1. The van der Waals surface area contributed by atoms with Crippen LogP contribution in [0.1, 0.15) is 26.5 Å². The number of hydrogen-bond acceptors (Lipinski definition) is 3. The smallest absolute Gasteiger partial charge is 0.255 e. The zero-order valence-corrected chi connectivity index (χ0v) is 12.6. The van der Waals surface area contributed by atoms with Gasteiger partial charge in [0.05, 0.1) is 0 Å². The molecule has 0 bridgehead atoms. The van der Waals surface area contributed by atoms with Crippen molar-refractivity contribution >= 4 is 17.4 Å². The second-order valence-corrected chi connectivity index (χ2v) is 5.09. The molecule has 3 rings (SSSR count). The van der Waals surface area contributed by atoms with E-state index in [0.29, 0.717) is 22.6 Å². The molecule has 0 fully saturated rings. The molecule has 0 aliphatic carbocycles. The number of anilines is 1. The van der Waals surface area contributed by atoms with E-state index in [2.05, 4.69) is 10.3 Å². The van der Waals surface area contributed by atoms with E-state index in [1.54, 1.807) is 60.4 Å². The van der Waals surface area contributed by atoms with Gasteiger partial charge in [-0.05, 0) is 36.4 Å². The Morgan fingerprint density at radius 3 is 2.26 bits per heavy atom. The molecule has 0 saturated heterocycles. The molecule has 0 aliphatic rings. The Balaban J connectivity index is 1.74. The zero-order valence-electron chi connectivity index (χ0n) is 12.6. The van der Waals surface area contributed by atoms with Crippen molar-refractivity contribution in [3.8, 4) is 0 Å². The summed E-state index contributed by atoms with van der Waals surface area (Å²) in [5.41, 5.74) is 1.74. The van der Waals surface area contributed by atoms with E-state index in [0.717, 1.165) is 0 Å². The number of hydrogen-bond donors (Lipinski definition) is 1. The summed E-state index contributed by atoms with van der Waals surface area (Å²) in [6.07, 6.45) is 3.31. The minimum atomic E-state index is -0.186. The number of imidazole rings is 1. The number of aryl methyl sites for hydroxylation is 1. The van der Waals surface area contributed by atoms with Gasteiger partial charge in [-0.3, -0.25) is 9.59 Å². The normalized spacial score (nSPS) is 10.3. The first-order valence-corrected chi connectivity index (χ1v) is 7.13. The second-order valence-electron chi connectivity index (χ2n) is 5.09. The summed E-state index contributed by atoms with van der Waals surface area (Å²) in [5.74, 6) is 0.0401. The topological polar surface area (TPSA) is 64.0 Å². The third-order valence-corrected chi connectivity index (χ3v) is 3.47. The van der Waals surface area contributed by atoms with Crippen molar-refractivity contribution in [2.75, 3.05) is 5.32 Å². The summed E-state index contributed by atoms with van der Waals surface area (Å²) in [7, 11) is 1.77. The number of nitrogens with one attached hydrogen (secondary N) is 1. The predicted octanol–water partition coefficient (Wildman–Crippen LogP) is 2.90. The minimum Gasteiger partial charge on any atom is -0.331 e. The van der Waals surface area contributed by atoms with Crippen molar-refractivity contribution < 1.29 is 9.59 Å². The van der Waals surface area contributed by atoms with Crippen LogP contribution in [0.15, 0.2) is 67.0 Å². The molecule has 1 aromatic heterocycles. The molecule has 3 aromatic rings. The summed E-state index contributed by atoms with van der Waals surface area (Å²) >= 11 is 0. The number of nitrogens with zero attached hydrogens (tertiary/aromatic N) is 2. The van der Waals surface area contributed by atoms with Gasteiger partial charge < -0.3 is 9.88 Å². The van der Waals surface area contributed by atoms with Crippen molar-refractivity contribution in [2.24, 2.45) is 7.05 Å². The van der Waals surface area contributed by atoms with Gasteiger partial charge in [0.25, 0.3) is 5.91 Å². The van der Waals surface area contributed by atoms with Crippen LogP contribution < -0.4 is 5.32 Å². The van der Waals surface area contributed by atoms with Crippen molar-refractivity contribution in [3.63, 3.8) is 0 Å². The molecule has 2 aromatic carbocycles. The number of carbonyl (C=O) groups excluding carboxylic acids is 2. The van der Waals surface area contributed by atoms with Gasteiger partial charge in [0.2, 0.25) is 5.78 Å². The molecular formula is C18H15N3O2. The molecule has 5 nitrogen and oxygen atoms in total. The molecule has 0 unspecified atom stereocenters. The second kappa shape index (κ2) is 6.27. The van der Waals surface area contributed by atoms with Crippen LogP contribution in [0.4, 0.5) is 5.69 Å². The highest BCUT2D eigenvalue weighted by Crippen LogP contribution is 2.14. The van der Waals surface area contributed by atoms with E-state index in [1.807, 2.05) is 18.2 Å². The fourth-order valence-corrected chi connectivity index (χ4v) is 2.21. The van der Waals surface area contributed by atoms with Crippen molar-refractivity contribution in [2.45, 2.75) is 0 Å². The van der Waals surface area contributed by atoms with Gasteiger partial charge >= 0.3 is 0 Å². The van der Waals surface area contributed by atoms with Gasteiger partial charge in [0.1, 0.15) is 0 Å². The van der Waals surface area contributed by atoms with E-state index >= 15 is 0 Å². The van der Waals surface area contributed by atoms with Crippen LogP contribution in [-0.2, 0) is 7.05 Å². The van der Waals surface area contributed by atoms with Crippen molar-refractivity contribution in [3.05, 3.63) is 83.9 Å². The average molecular weight is 305 g/mol. The number of aromatic nitrogens is 2. The quantitative estimate of drug-likeness (QED) is 0.754. The largest absolute Gasteiger partial charge is 0.331 e. The molecule has 1 amide bonds. The highest BCUT2D eigenvalue weighted by atomic mass is 16.1. The first-order chi connectivity index (χ1) is 11.1. The van der Waals surface area contributed by atoms with E-state index in [-0.39, 0.29) is 11.7 Å². The van der Waals surface area contributed by atoms with Gasteiger partial charge in [0.15, 0.2) is 5.82 Å². The molecule has 23 heavy (non-hydrogen) atoms. The first-order valence-electron chi connectivity index (χ1n) is 7.13. The fourth-order valence-electron chi connectivity index (χ4n) is 2.21. The Morgan fingerprint density at radius 2 is 1.65 bits per heavy atom. The van der Waals surface area contributed by atoms with Crippen LogP contribution in [0.3, 0.4) is 0 Å². The summed E-state index contributed by atoms with van der Waals surface area (Å²) < 4.78 is 1.67. The van der Waals surface area contributed by atoms with Crippen LogP contribution in [0, 0.1) is 0 Å². The fraction of sp³-hybridized carbons (Fsp3) is 0.0556. The Hall–Kier alpha value is -3.21. The molecule has 0 atom stereocenters. The summed E-state index contributed by atoms with van der Waals surface area (Å²) in [5, 5.41) is 2.80. The highest BCUT2D eigenvalue weighted by molar-refractivity contribution is 6.07. The minimum absolute atomic E-state index is 0.154. The third kappa shape index (κ3) is 3.18. The SMILES string of the molecule is Cn1ccnc1C(=O)c1ccc(NC(=O)c2ccccc2)cc1. The first kappa shape index (κ1) is 14.7. The molecule has 0 spiro atoms. The third-order valence-electron chi connectivity index (χ3n) is 3.47. The number of rotatable bonds is 4. The molecule has 0 aliphatic heterocycles. The number of carbonyl (C=O) groups is 2. The molecule has 1 heterocycles. The lowest BCUT2D eigenvalue weighted by molar-refractivity contribution is 0.102. The Morgan fingerprint density at radius 1 is 0.957 bits per heavy atom. The van der Waals surface area contributed by atoms with Gasteiger partial charge in [0, 0.05) is 36.3 Å². The zero-order chi connectivity index (χ0) is 16.2. The Bertz CT molecular complexity index is 836. The van der Waals surface area contributed by atoms with Gasteiger partial charge in [-0.25, -0.2) is 4.98 Å². The molecule has 5 heteroatoms. The molecular weight excluding hydrogens is 290 g/mol. The van der Waals surface area contributed by atoms with Gasteiger partial charge in [-0.15, -0.1) is 0 Å². The van der Waals surface area contributed by atoms with E-state index in [4.69, 9.17) is 0 Å². The highest BCUT2D eigenvalue weighted by Gasteiger charge is 2.13. The van der Waals surface area contributed by atoms with Gasteiger partial charge in [-0.1, -0.05) is 18.2 Å². The standard InChI is InChI=1S/C18H15N3O2/c1-21-12-11-19-17(21)16(22)13-7-9-15(10-8-13)20-18(23)14-5-3-2-4-6-14/h2-12H,1H3,(H,20,23). The lowest BCUT2D eigenvalue weighted by atomic mass is 10.1. The maximum absolute atomic E-state index is 12.3. The number of ketones is 1. The van der Waals surface area contributed by atoms with E-state index in [9.17, 15) is 9.59 Å². The summed E-state index contributed by atoms with van der Waals surface area (Å²) in [6, 6.07) is 15.7. The van der Waals surface area contributed by atoms with Crippen molar-refractivity contribution in [1.29, 1.82) is 0 Å². The predicted molar refractivity (Wildman–Crippen MR) is 87.5 cm³/mol. The monoisotopic (exact) mass is 305 g/mol. The van der Waals surface area contributed by atoms with Crippen molar-refractivity contribution in [1.82, 2.24) is 9.55 Å². The average Bonchev–Trinajstić information content (AvgIpc) is 3.02. The van der Waals surface area contributed by atoms with Gasteiger partial charge in [-0.2, -0.15) is 0 Å². The van der Waals surface area contributed by atoms with Crippen LogP contribution in [0.25, 0.3) is 0 Å². The van der Waals surface area contributed by atoms with Crippen LogP contribution in [-0.4, -0.2) is 21.2 Å². The molecule has 114 valence electrons. The maximum Gasteiger partial charge on any atom is 0.255 e.